The molecule has 0 aliphatic rings. The third-order valence-corrected chi connectivity index (χ3v) is 3.19. The molecule has 0 aliphatic carbocycles. The third-order valence-electron chi connectivity index (χ3n) is 3.19. The van der Waals surface area contributed by atoms with Crippen molar-refractivity contribution in [3.05, 3.63) is 11.7 Å². The van der Waals surface area contributed by atoms with Crippen LogP contribution in [-0.2, 0) is 22.4 Å². The van der Waals surface area contributed by atoms with Crippen molar-refractivity contribution in [1.29, 1.82) is 0 Å². The van der Waals surface area contributed by atoms with Gasteiger partial charge in [-0.2, -0.15) is 4.98 Å². The van der Waals surface area contributed by atoms with Crippen LogP contribution in [0.1, 0.15) is 58.2 Å². The monoisotopic (exact) mass is 297 g/mol. The maximum atomic E-state index is 11.9. The van der Waals surface area contributed by atoms with E-state index in [0.29, 0.717) is 31.0 Å². The fraction of sp³-hybridized carbons (Fsp3) is 0.714. The van der Waals surface area contributed by atoms with Gasteiger partial charge in [0.1, 0.15) is 5.54 Å². The first-order valence-electron chi connectivity index (χ1n) is 7.27. The van der Waals surface area contributed by atoms with Gasteiger partial charge in [-0.25, -0.2) is 4.79 Å². The summed E-state index contributed by atoms with van der Waals surface area (Å²) in [6.45, 7) is 5.41. The molecule has 1 heterocycles. The molecular formula is C14H23N3O4. The van der Waals surface area contributed by atoms with Crippen LogP contribution in [0.3, 0.4) is 0 Å². The van der Waals surface area contributed by atoms with Gasteiger partial charge in [0.2, 0.25) is 11.8 Å². The molecule has 0 fully saturated rings. The SMILES string of the molecule is CCCc1noc(CCC(=O)NC(C)(CCC)C(=O)O)n1. The van der Waals surface area contributed by atoms with Gasteiger partial charge in [-0.1, -0.05) is 25.4 Å². The van der Waals surface area contributed by atoms with E-state index in [9.17, 15) is 14.7 Å². The molecule has 1 unspecified atom stereocenters. The van der Waals surface area contributed by atoms with E-state index in [1.807, 2.05) is 13.8 Å². The Labute approximate surface area is 124 Å². The van der Waals surface area contributed by atoms with Crippen LogP contribution in [0.2, 0.25) is 0 Å². The fourth-order valence-corrected chi connectivity index (χ4v) is 2.03. The predicted octanol–water partition coefficient (Wildman–Crippen LogP) is 1.71. The molecular weight excluding hydrogens is 274 g/mol. The number of carbonyl (C=O) groups excluding carboxylic acids is 1. The Morgan fingerprint density at radius 3 is 2.57 bits per heavy atom. The summed E-state index contributed by atoms with van der Waals surface area (Å²) in [6.07, 6.45) is 3.16. The van der Waals surface area contributed by atoms with E-state index < -0.39 is 11.5 Å². The first-order chi connectivity index (χ1) is 9.91. The second kappa shape index (κ2) is 7.75. The van der Waals surface area contributed by atoms with Gasteiger partial charge in [0.25, 0.3) is 0 Å². The molecule has 0 bridgehead atoms. The van der Waals surface area contributed by atoms with Crippen LogP contribution in [0.15, 0.2) is 4.52 Å². The molecule has 118 valence electrons. The Morgan fingerprint density at radius 2 is 2.00 bits per heavy atom. The summed E-state index contributed by atoms with van der Waals surface area (Å²) in [7, 11) is 0. The molecule has 0 spiro atoms. The Kier molecular flexibility index (Phi) is 6.33. The fourth-order valence-electron chi connectivity index (χ4n) is 2.03. The average Bonchev–Trinajstić information content (AvgIpc) is 2.84. The molecule has 0 radical (unpaired) electrons. The van der Waals surface area contributed by atoms with E-state index in [-0.39, 0.29) is 12.3 Å². The van der Waals surface area contributed by atoms with Crippen molar-refractivity contribution >= 4 is 11.9 Å². The maximum Gasteiger partial charge on any atom is 0.329 e. The molecule has 0 aliphatic heterocycles. The van der Waals surface area contributed by atoms with Crippen LogP contribution in [-0.4, -0.2) is 32.7 Å². The van der Waals surface area contributed by atoms with E-state index in [4.69, 9.17) is 4.52 Å². The lowest BCUT2D eigenvalue weighted by molar-refractivity contribution is -0.147. The number of nitrogens with one attached hydrogen (secondary N) is 1. The average molecular weight is 297 g/mol. The zero-order valence-electron chi connectivity index (χ0n) is 12.8. The summed E-state index contributed by atoms with van der Waals surface area (Å²) < 4.78 is 5.04. The van der Waals surface area contributed by atoms with Gasteiger partial charge in [0, 0.05) is 19.3 Å². The number of rotatable bonds is 9. The summed E-state index contributed by atoms with van der Waals surface area (Å²) >= 11 is 0. The zero-order chi connectivity index (χ0) is 15.9. The number of carbonyl (C=O) groups is 2. The molecule has 1 amide bonds. The minimum absolute atomic E-state index is 0.125. The molecule has 7 nitrogen and oxygen atoms in total. The highest BCUT2D eigenvalue weighted by molar-refractivity contribution is 5.86. The molecule has 0 aromatic carbocycles. The zero-order valence-corrected chi connectivity index (χ0v) is 12.8. The lowest BCUT2D eigenvalue weighted by atomic mass is 9.96. The molecule has 7 heteroatoms. The molecule has 1 aromatic heterocycles. The second-order valence-electron chi connectivity index (χ2n) is 5.29. The van der Waals surface area contributed by atoms with Crippen molar-refractivity contribution in [1.82, 2.24) is 15.5 Å². The van der Waals surface area contributed by atoms with E-state index >= 15 is 0 Å². The van der Waals surface area contributed by atoms with E-state index in [1.54, 1.807) is 0 Å². The number of amides is 1. The van der Waals surface area contributed by atoms with Crippen LogP contribution in [0.5, 0.6) is 0 Å². The number of aliphatic carboxylic acids is 1. The van der Waals surface area contributed by atoms with Crippen molar-refractivity contribution in [2.24, 2.45) is 0 Å². The number of carboxylic acid groups (broad SMARTS) is 1. The van der Waals surface area contributed by atoms with Crippen LogP contribution in [0.25, 0.3) is 0 Å². The normalized spacial score (nSPS) is 13.7. The molecule has 2 N–H and O–H groups in total. The number of nitrogens with zero attached hydrogens (tertiary/aromatic N) is 2. The molecule has 1 rings (SSSR count). The van der Waals surface area contributed by atoms with E-state index in [1.165, 1.54) is 6.92 Å². The van der Waals surface area contributed by atoms with Crippen molar-refractivity contribution in [3.8, 4) is 0 Å². The Hall–Kier alpha value is -1.92. The Bertz CT molecular complexity index is 486. The summed E-state index contributed by atoms with van der Waals surface area (Å²) in [4.78, 5) is 27.3. The first kappa shape index (κ1) is 17.1. The van der Waals surface area contributed by atoms with Gasteiger partial charge in [0.15, 0.2) is 5.82 Å². The number of hydrogen-bond donors (Lipinski definition) is 2. The molecule has 1 atom stereocenters. The van der Waals surface area contributed by atoms with Gasteiger partial charge in [-0.15, -0.1) is 0 Å². The number of carboxylic acids is 1. The van der Waals surface area contributed by atoms with Crippen LogP contribution in [0.4, 0.5) is 0 Å². The summed E-state index contributed by atoms with van der Waals surface area (Å²) in [5, 5.41) is 15.6. The molecule has 21 heavy (non-hydrogen) atoms. The highest BCUT2D eigenvalue weighted by Crippen LogP contribution is 2.13. The standard InChI is InChI=1S/C14H23N3O4/c1-4-6-10-15-12(21-17-10)8-7-11(18)16-14(3,9-5-2)13(19)20/h4-9H2,1-3H3,(H,16,18)(H,19,20). The smallest absolute Gasteiger partial charge is 0.329 e. The number of hydrogen-bond acceptors (Lipinski definition) is 5. The summed E-state index contributed by atoms with van der Waals surface area (Å²) in [6, 6.07) is 0. The number of aryl methyl sites for hydroxylation is 2. The minimum atomic E-state index is -1.23. The Morgan fingerprint density at radius 1 is 1.29 bits per heavy atom. The highest BCUT2D eigenvalue weighted by atomic mass is 16.5. The van der Waals surface area contributed by atoms with Crippen LogP contribution >= 0.6 is 0 Å². The third kappa shape index (κ3) is 5.17. The Balaban J connectivity index is 2.50. The molecule has 0 saturated heterocycles. The maximum absolute atomic E-state index is 11.9. The molecule has 0 saturated carbocycles. The lowest BCUT2D eigenvalue weighted by Crippen LogP contribution is -2.52. The van der Waals surface area contributed by atoms with Gasteiger partial charge in [-0.3, -0.25) is 4.79 Å². The number of aromatic nitrogens is 2. The molecule has 1 aromatic rings. The van der Waals surface area contributed by atoms with Gasteiger partial charge in [-0.05, 0) is 19.8 Å². The van der Waals surface area contributed by atoms with Crippen molar-refractivity contribution < 1.29 is 19.2 Å². The van der Waals surface area contributed by atoms with E-state index in [0.717, 1.165) is 12.8 Å². The lowest BCUT2D eigenvalue weighted by Gasteiger charge is -2.25. The van der Waals surface area contributed by atoms with Crippen LogP contribution in [0, 0.1) is 0 Å². The van der Waals surface area contributed by atoms with Gasteiger partial charge >= 0.3 is 5.97 Å². The second-order valence-corrected chi connectivity index (χ2v) is 5.29. The van der Waals surface area contributed by atoms with Gasteiger partial charge in [0.05, 0.1) is 0 Å². The topological polar surface area (TPSA) is 105 Å². The van der Waals surface area contributed by atoms with E-state index in [2.05, 4.69) is 15.5 Å². The van der Waals surface area contributed by atoms with Crippen molar-refractivity contribution in [2.45, 2.75) is 64.8 Å². The summed E-state index contributed by atoms with van der Waals surface area (Å²) in [5.41, 5.74) is -1.23. The quantitative estimate of drug-likeness (QED) is 0.719. The first-order valence-corrected chi connectivity index (χ1v) is 7.27. The van der Waals surface area contributed by atoms with Crippen LogP contribution < -0.4 is 5.32 Å². The van der Waals surface area contributed by atoms with Crippen molar-refractivity contribution in [2.75, 3.05) is 0 Å². The van der Waals surface area contributed by atoms with Crippen molar-refractivity contribution in [3.63, 3.8) is 0 Å². The highest BCUT2D eigenvalue weighted by Gasteiger charge is 2.33. The predicted molar refractivity (Wildman–Crippen MR) is 75.7 cm³/mol. The van der Waals surface area contributed by atoms with Gasteiger partial charge < -0.3 is 14.9 Å². The summed E-state index contributed by atoms with van der Waals surface area (Å²) in [5.74, 6) is -0.320. The minimum Gasteiger partial charge on any atom is -0.480 e. The largest absolute Gasteiger partial charge is 0.480 e.